The van der Waals surface area contributed by atoms with Crippen molar-refractivity contribution >= 4 is 41.0 Å². The quantitative estimate of drug-likeness (QED) is 0.0931. The first-order valence-corrected chi connectivity index (χ1v) is 16.7. The van der Waals surface area contributed by atoms with E-state index >= 15 is 0 Å². The summed E-state index contributed by atoms with van der Waals surface area (Å²) in [6, 6.07) is 21.4. The third-order valence-electron chi connectivity index (χ3n) is 8.62. The van der Waals surface area contributed by atoms with Gasteiger partial charge in [-0.3, -0.25) is 19.2 Å². The van der Waals surface area contributed by atoms with E-state index in [0.29, 0.717) is 56.4 Å². The van der Waals surface area contributed by atoms with E-state index < -0.39 is 42.0 Å². The lowest BCUT2D eigenvalue weighted by Gasteiger charge is -2.29. The molecule has 4 amide bonds. The molecule has 0 unspecified atom stereocenters. The van der Waals surface area contributed by atoms with Crippen LogP contribution in [0, 0.1) is 0 Å². The second-order valence-electron chi connectivity index (χ2n) is 12.4. The van der Waals surface area contributed by atoms with Crippen molar-refractivity contribution in [2.45, 2.75) is 82.0 Å². The van der Waals surface area contributed by atoms with Crippen molar-refractivity contribution in [1.82, 2.24) is 15.5 Å². The number of anilines is 2. The number of nitrogens with two attached hydrogens (primary N) is 2. The number of carboxylic acids is 1. The Kier molecular flexibility index (Phi) is 13.7. The van der Waals surface area contributed by atoms with E-state index in [1.165, 1.54) is 4.90 Å². The molecule has 0 saturated carbocycles. The maximum atomic E-state index is 13.6. The maximum Gasteiger partial charge on any atom is 0.326 e. The highest BCUT2D eigenvalue weighted by Crippen LogP contribution is 2.21. The molecule has 1 aliphatic heterocycles. The van der Waals surface area contributed by atoms with Gasteiger partial charge < -0.3 is 37.4 Å². The Hall–Kier alpha value is -5.23. The highest BCUT2D eigenvalue weighted by Gasteiger charge is 2.38. The number of para-hydroxylation sites is 2. The minimum Gasteiger partial charge on any atom is -0.480 e. The van der Waals surface area contributed by atoms with Crippen molar-refractivity contribution < 1.29 is 29.1 Å². The first kappa shape index (κ1) is 36.6. The minimum absolute atomic E-state index is 0.0633. The summed E-state index contributed by atoms with van der Waals surface area (Å²) in [5.74, 6) is -2.86. The van der Waals surface area contributed by atoms with Crippen molar-refractivity contribution in [1.29, 1.82) is 0 Å². The number of carbonyl (C=O) groups is 5. The van der Waals surface area contributed by atoms with Crippen LogP contribution < -0.4 is 27.4 Å². The fraction of sp³-hybridized carbons (Fsp3) is 0.378. The molecule has 4 rings (SSSR count). The summed E-state index contributed by atoms with van der Waals surface area (Å²) < 4.78 is 0. The molecule has 1 heterocycles. The van der Waals surface area contributed by atoms with Crippen LogP contribution in [0.5, 0.6) is 0 Å². The number of rotatable bonds is 17. The average molecular weight is 671 g/mol. The summed E-state index contributed by atoms with van der Waals surface area (Å²) in [5, 5.41) is 18.1. The van der Waals surface area contributed by atoms with Gasteiger partial charge in [0.15, 0.2) is 0 Å². The smallest absolute Gasteiger partial charge is 0.326 e. The van der Waals surface area contributed by atoms with Gasteiger partial charge in [0.05, 0.1) is 17.4 Å². The molecule has 49 heavy (non-hydrogen) atoms. The Morgan fingerprint density at radius 1 is 0.796 bits per heavy atom. The summed E-state index contributed by atoms with van der Waals surface area (Å²) in [5.41, 5.74) is 14.8. The van der Waals surface area contributed by atoms with Crippen molar-refractivity contribution in [2.24, 2.45) is 5.73 Å². The molecule has 0 aromatic heterocycles. The summed E-state index contributed by atoms with van der Waals surface area (Å²) in [4.78, 5) is 66.6. The Balaban J connectivity index is 1.38. The second kappa shape index (κ2) is 18.3. The number of hydrogen-bond donors (Lipinski definition) is 6. The molecule has 1 aliphatic rings. The minimum atomic E-state index is -1.22. The predicted molar refractivity (Wildman–Crippen MR) is 187 cm³/mol. The average Bonchev–Trinajstić information content (AvgIpc) is 3.59. The number of nitrogen functional groups attached to an aromatic ring is 1. The van der Waals surface area contributed by atoms with Gasteiger partial charge in [-0.15, -0.1) is 0 Å². The lowest BCUT2D eigenvalue weighted by atomic mass is 10.0. The number of amides is 4. The molecule has 12 nitrogen and oxygen atoms in total. The number of nitrogens with zero attached hydrogens (tertiary/aromatic N) is 1. The van der Waals surface area contributed by atoms with Crippen LogP contribution in [-0.4, -0.2) is 70.3 Å². The molecule has 1 saturated heterocycles. The monoisotopic (exact) mass is 670 g/mol. The number of nitrogens with one attached hydrogen (secondary N) is 3. The molecule has 12 heteroatoms. The third kappa shape index (κ3) is 11.2. The molecule has 3 aromatic rings. The Morgan fingerprint density at radius 2 is 1.43 bits per heavy atom. The molecule has 0 aliphatic carbocycles. The van der Waals surface area contributed by atoms with Gasteiger partial charge in [0.25, 0.3) is 0 Å². The van der Waals surface area contributed by atoms with E-state index in [-0.39, 0.29) is 31.1 Å². The fourth-order valence-electron chi connectivity index (χ4n) is 5.96. The van der Waals surface area contributed by atoms with Gasteiger partial charge in [0.1, 0.15) is 18.1 Å². The van der Waals surface area contributed by atoms with Crippen LogP contribution in [0.1, 0.15) is 56.1 Å². The van der Waals surface area contributed by atoms with E-state index in [0.717, 1.165) is 11.1 Å². The first-order valence-electron chi connectivity index (χ1n) is 16.7. The summed E-state index contributed by atoms with van der Waals surface area (Å²) in [6.07, 6.45) is 3.42. The lowest BCUT2D eigenvalue weighted by molar-refractivity contribution is -0.143. The van der Waals surface area contributed by atoms with Crippen LogP contribution in [0.3, 0.4) is 0 Å². The number of carboxylic acid groups (broad SMARTS) is 1. The molecule has 0 spiro atoms. The number of carbonyl (C=O) groups excluding carboxylic acids is 4. The number of unbranched alkanes of at least 4 members (excludes halogenated alkanes) is 2. The van der Waals surface area contributed by atoms with Crippen molar-refractivity contribution in [3.63, 3.8) is 0 Å². The van der Waals surface area contributed by atoms with Crippen LogP contribution in [-0.2, 0) is 36.8 Å². The van der Waals surface area contributed by atoms with Gasteiger partial charge in [-0.2, -0.15) is 0 Å². The first-order chi connectivity index (χ1) is 23.6. The molecular formula is C37H46N6O6. The largest absolute Gasteiger partial charge is 0.480 e. The van der Waals surface area contributed by atoms with Crippen LogP contribution >= 0.6 is 0 Å². The third-order valence-corrected chi connectivity index (χ3v) is 8.62. The van der Waals surface area contributed by atoms with Crippen molar-refractivity contribution in [3.05, 3.63) is 96.1 Å². The maximum absolute atomic E-state index is 13.6. The van der Waals surface area contributed by atoms with Gasteiger partial charge in [-0.1, -0.05) is 85.6 Å². The molecule has 0 bridgehead atoms. The topological polar surface area (TPSA) is 197 Å². The summed E-state index contributed by atoms with van der Waals surface area (Å²) >= 11 is 0. The van der Waals surface area contributed by atoms with Gasteiger partial charge in [0, 0.05) is 19.4 Å². The Morgan fingerprint density at radius 3 is 2.08 bits per heavy atom. The number of likely N-dealkylation sites (tertiary alicyclic amines) is 1. The van der Waals surface area contributed by atoms with Gasteiger partial charge in [-0.05, 0) is 55.4 Å². The molecule has 1 fully saturated rings. The van der Waals surface area contributed by atoms with E-state index in [1.54, 1.807) is 48.5 Å². The number of hydrogen-bond acceptors (Lipinski definition) is 7. The molecular weight excluding hydrogens is 624 g/mol. The van der Waals surface area contributed by atoms with Crippen LogP contribution in [0.4, 0.5) is 11.4 Å². The van der Waals surface area contributed by atoms with E-state index in [9.17, 15) is 29.1 Å². The second-order valence-corrected chi connectivity index (χ2v) is 12.4. The van der Waals surface area contributed by atoms with Crippen LogP contribution in [0.15, 0.2) is 84.9 Å². The number of aliphatic carboxylic acids is 1. The van der Waals surface area contributed by atoms with Gasteiger partial charge >= 0.3 is 5.97 Å². The summed E-state index contributed by atoms with van der Waals surface area (Å²) in [6.45, 7) is 0.366. The van der Waals surface area contributed by atoms with Crippen molar-refractivity contribution in [3.8, 4) is 0 Å². The molecule has 260 valence electrons. The Bertz CT molecular complexity index is 1570. The number of benzene rings is 3. The Labute approximate surface area is 286 Å². The highest BCUT2D eigenvalue weighted by atomic mass is 16.4. The van der Waals surface area contributed by atoms with Crippen LogP contribution in [0.25, 0.3) is 0 Å². The highest BCUT2D eigenvalue weighted by molar-refractivity contribution is 5.95. The van der Waals surface area contributed by atoms with Gasteiger partial charge in [-0.25, -0.2) is 4.79 Å². The van der Waals surface area contributed by atoms with E-state index in [4.69, 9.17) is 11.5 Å². The zero-order valence-electron chi connectivity index (χ0n) is 27.6. The SMILES string of the molecule is Nc1ccccc1NC(=O)CCCCC[C@H](NC(=O)[C@@H]1CCCN1C(=O)[C@@H](N)Cc1ccccc1)C(=O)N[C@@H](Cc1ccccc1)C(=O)O. The summed E-state index contributed by atoms with van der Waals surface area (Å²) in [7, 11) is 0. The zero-order valence-corrected chi connectivity index (χ0v) is 27.6. The molecule has 8 N–H and O–H groups in total. The van der Waals surface area contributed by atoms with Crippen molar-refractivity contribution in [2.75, 3.05) is 17.6 Å². The zero-order chi connectivity index (χ0) is 35.2. The fourth-order valence-corrected chi connectivity index (χ4v) is 5.96. The van der Waals surface area contributed by atoms with E-state index in [1.807, 2.05) is 36.4 Å². The van der Waals surface area contributed by atoms with Crippen LogP contribution in [0.2, 0.25) is 0 Å². The molecule has 3 aromatic carbocycles. The normalized spacial score (nSPS) is 15.9. The predicted octanol–water partition coefficient (Wildman–Crippen LogP) is 3.02. The molecule has 4 atom stereocenters. The van der Waals surface area contributed by atoms with Gasteiger partial charge in [0.2, 0.25) is 23.6 Å². The standard InChI is InChI=1S/C37H46N6O6/c38-27-17-10-11-18-29(27)40-33(44)21-9-3-8-19-30(34(45)42-31(37(48)49)24-26-15-6-2-7-16-26)41-35(46)32-20-12-22-43(32)36(47)28(39)23-25-13-4-1-5-14-25/h1-2,4-7,10-11,13-18,28,30-32H,3,8-9,12,19-24,38-39H2,(H,40,44)(H,41,46)(H,42,45)(H,48,49)/t28-,30-,31-,32-/m0/s1. The van der Waals surface area contributed by atoms with E-state index in [2.05, 4.69) is 16.0 Å². The lowest BCUT2D eigenvalue weighted by Crippen LogP contribution is -2.57. The molecule has 0 radical (unpaired) electrons.